The van der Waals surface area contributed by atoms with E-state index in [1.165, 1.54) is 0 Å². The van der Waals surface area contributed by atoms with E-state index < -0.39 is 91.1 Å². The summed E-state index contributed by atoms with van der Waals surface area (Å²) >= 11 is 0. The van der Waals surface area contributed by atoms with Gasteiger partial charge in [0.15, 0.2) is 49.9 Å². The molecule has 0 spiro atoms. The van der Waals surface area contributed by atoms with Gasteiger partial charge in [-0.2, -0.15) is 0 Å². The van der Waals surface area contributed by atoms with Gasteiger partial charge < -0.3 is 41.8 Å². The molecule has 0 bridgehead atoms. The first-order valence-corrected chi connectivity index (χ1v) is 45.5. The van der Waals surface area contributed by atoms with Crippen LogP contribution < -0.4 is 0 Å². The number of carbonyl (C=O) groups excluding carboxylic acids is 1. The first-order valence-electron chi connectivity index (χ1n) is 16.4. The van der Waals surface area contributed by atoms with Crippen LogP contribution in [-0.2, 0) is 46.6 Å². The van der Waals surface area contributed by atoms with Crippen LogP contribution in [-0.4, -0.2) is 91.1 Å². The molecule has 0 aromatic rings. The maximum Gasteiger partial charge on any atom is 0.479 e. The summed E-state index contributed by atoms with van der Waals surface area (Å²) in [6.45, 7) is 47.1. The van der Waals surface area contributed by atoms with E-state index in [1.807, 2.05) is 19.6 Å². The molecule has 0 saturated heterocycles. The largest absolute Gasteiger partial charge is 0.479 e. The van der Waals surface area contributed by atoms with Crippen LogP contribution in [0.3, 0.4) is 0 Å². The quantitative estimate of drug-likeness (QED) is 0.0593. The van der Waals surface area contributed by atoms with Crippen LogP contribution in [0.4, 0.5) is 0 Å². The maximum absolute atomic E-state index is 13.0. The topological polar surface area (TPSA) is 109 Å². The third-order valence-corrected chi connectivity index (χ3v) is 37.5. The highest BCUT2D eigenvalue weighted by molar-refractivity contribution is 6.95. The Morgan fingerprint density at radius 1 is 0.426 bits per heavy atom. The molecule has 21 heteroatoms. The van der Waals surface area contributed by atoms with Crippen LogP contribution in [0.25, 0.3) is 0 Å². The van der Waals surface area contributed by atoms with Crippen LogP contribution in [0.5, 0.6) is 0 Å². The molecule has 0 aromatic heterocycles. The van der Waals surface area contributed by atoms with Crippen LogP contribution in [0.15, 0.2) is 12.8 Å². The Hall–Kier alpha value is 1.02. The summed E-state index contributed by atoms with van der Waals surface area (Å²) in [5, 5.41) is 0. The first kappa shape index (κ1) is 48.0. The summed E-state index contributed by atoms with van der Waals surface area (Å²) in [5.41, 5.74) is 0. The number of hydrogen-bond acceptors (Lipinski definition) is 11. The fraction of sp³-hybridized carbons (Fsp3) is 0.885. The molecule has 0 aliphatic heterocycles. The van der Waals surface area contributed by atoms with Gasteiger partial charge in [-0.1, -0.05) is 6.58 Å². The van der Waals surface area contributed by atoms with Crippen molar-refractivity contribution < 1.29 is 46.6 Å². The molecule has 0 aromatic carbocycles. The first-order chi connectivity index (χ1) is 20.3. The summed E-state index contributed by atoms with van der Waals surface area (Å²) in [5.74, 6) is -0.491. The van der Waals surface area contributed by atoms with Gasteiger partial charge >= 0.3 is 41.2 Å². The lowest BCUT2D eigenvalue weighted by Gasteiger charge is -2.49. The third-order valence-electron chi connectivity index (χ3n) is 4.82. The maximum atomic E-state index is 13.0. The Balaban J connectivity index is 7.99. The molecule has 0 N–H and O–H groups in total. The molecule has 0 atom stereocenters. The Bertz CT molecular complexity index is 868. The molecule has 0 aliphatic carbocycles. The second-order valence-electron chi connectivity index (χ2n) is 18.0. The standard InChI is InChI=1S/C26H70O11Si10/c1-23-28-26(27)24-25-47(35-44(20,29-38(2,3)4)30-39(5,6)7,36-45(21,31-40(8,9)10)32-41(11,12)13)37-46(22,33-42(14,15)16)34-43(17,18)19/h23H,1,24-25H2,2-22H3. The second-order valence-corrected chi connectivity index (χ2v) is 57.8. The zero-order valence-electron chi connectivity index (χ0n) is 33.7. The predicted octanol–water partition coefficient (Wildman–Crippen LogP) is 8.87. The summed E-state index contributed by atoms with van der Waals surface area (Å²) in [7, 11) is -28.3. The van der Waals surface area contributed by atoms with Crippen molar-refractivity contribution in [1.82, 2.24) is 0 Å². The van der Waals surface area contributed by atoms with E-state index in [9.17, 15) is 4.79 Å². The van der Waals surface area contributed by atoms with Gasteiger partial charge in [-0.25, -0.2) is 0 Å². The van der Waals surface area contributed by atoms with Gasteiger partial charge in [-0.05, 0) is 118 Å². The minimum Gasteiger partial charge on any atom is -0.435 e. The molecule has 0 saturated carbocycles. The number of ether oxygens (including phenoxy) is 1. The lowest BCUT2D eigenvalue weighted by molar-refractivity contribution is -0.137. The highest BCUT2D eigenvalue weighted by Gasteiger charge is 2.63. The molecule has 0 radical (unpaired) electrons. The molecule has 0 amide bonds. The number of carbonyl (C=O) groups is 1. The summed E-state index contributed by atoms with van der Waals surface area (Å²) in [6.07, 6.45) is 1.05. The molecule has 0 heterocycles. The van der Waals surface area contributed by atoms with Gasteiger partial charge in [-0.3, -0.25) is 4.79 Å². The van der Waals surface area contributed by atoms with Crippen LogP contribution in [0, 0.1) is 0 Å². The fourth-order valence-corrected chi connectivity index (χ4v) is 46.7. The lowest BCUT2D eigenvalue weighted by atomic mass is 10.5. The fourth-order valence-electron chi connectivity index (χ4n) is 4.99. The van der Waals surface area contributed by atoms with Crippen molar-refractivity contribution in [2.24, 2.45) is 0 Å². The zero-order chi connectivity index (χ0) is 37.8. The van der Waals surface area contributed by atoms with Gasteiger partial charge in [0.05, 0.1) is 12.7 Å². The van der Waals surface area contributed by atoms with E-state index in [2.05, 4.69) is 124 Å². The Kier molecular flexibility index (Phi) is 17.1. The summed E-state index contributed by atoms with van der Waals surface area (Å²) in [6, 6.07) is 0.0474. The van der Waals surface area contributed by atoms with Gasteiger partial charge in [-0.15, -0.1) is 0 Å². The third kappa shape index (κ3) is 23.3. The van der Waals surface area contributed by atoms with Crippen molar-refractivity contribution in [3.63, 3.8) is 0 Å². The highest BCUT2D eigenvalue weighted by Crippen LogP contribution is 2.37. The summed E-state index contributed by atoms with van der Waals surface area (Å²) < 4.78 is 68.2. The lowest BCUT2D eigenvalue weighted by Crippen LogP contribution is -2.71. The van der Waals surface area contributed by atoms with E-state index in [0.717, 1.165) is 6.26 Å². The molecular weight excluding hydrogens is 769 g/mol. The monoisotopic (exact) mass is 838 g/mol. The van der Waals surface area contributed by atoms with Crippen molar-refractivity contribution in [1.29, 1.82) is 0 Å². The van der Waals surface area contributed by atoms with E-state index in [4.69, 9.17) is 41.8 Å². The zero-order valence-corrected chi connectivity index (χ0v) is 43.7. The average molecular weight is 840 g/mol. The van der Waals surface area contributed by atoms with E-state index in [0.29, 0.717) is 0 Å². The molecule has 0 fully saturated rings. The van der Waals surface area contributed by atoms with E-state index in [-0.39, 0.29) is 12.5 Å². The summed E-state index contributed by atoms with van der Waals surface area (Å²) in [4.78, 5) is 13.0. The molecule has 0 rings (SSSR count). The minimum atomic E-state index is -4.16. The average Bonchev–Trinajstić information content (AvgIpc) is 2.62. The SMILES string of the molecule is C=COC(=O)CC[Si](O[Si](C)(O[Si](C)(C)C)O[Si](C)(C)C)(O[Si](C)(O[Si](C)(C)C)O[Si](C)(C)C)O[Si](C)(O[Si](C)(C)C)O[Si](C)(C)C. The Labute approximate surface area is 298 Å². The highest BCUT2D eigenvalue weighted by atomic mass is 28.6. The predicted molar refractivity (Wildman–Crippen MR) is 216 cm³/mol. The number of rotatable bonds is 22. The molecule has 0 aliphatic rings. The van der Waals surface area contributed by atoms with Crippen LogP contribution in [0.2, 0.25) is 144 Å². The molecule has 0 unspecified atom stereocenters. The molecule has 280 valence electrons. The normalized spacial score (nSPS) is 15.2. The van der Waals surface area contributed by atoms with Crippen molar-refractivity contribution >= 4 is 91.1 Å². The van der Waals surface area contributed by atoms with Gasteiger partial charge in [0.25, 0.3) is 0 Å². The van der Waals surface area contributed by atoms with Crippen LogP contribution >= 0.6 is 0 Å². The van der Waals surface area contributed by atoms with Gasteiger partial charge in [0, 0.05) is 25.7 Å². The minimum absolute atomic E-state index is 0.0474. The molecule has 47 heavy (non-hydrogen) atoms. The second kappa shape index (κ2) is 16.8. The van der Waals surface area contributed by atoms with Crippen molar-refractivity contribution in [2.45, 2.75) is 150 Å². The Morgan fingerprint density at radius 2 is 0.638 bits per heavy atom. The molecule has 11 nitrogen and oxygen atoms in total. The van der Waals surface area contributed by atoms with E-state index >= 15 is 0 Å². The Morgan fingerprint density at radius 3 is 0.809 bits per heavy atom. The van der Waals surface area contributed by atoms with E-state index in [1.54, 1.807) is 0 Å². The van der Waals surface area contributed by atoms with Crippen LogP contribution in [0.1, 0.15) is 6.42 Å². The van der Waals surface area contributed by atoms with Crippen molar-refractivity contribution in [3.05, 3.63) is 12.8 Å². The van der Waals surface area contributed by atoms with Gasteiger partial charge in [0.1, 0.15) is 0 Å². The molecular formula is C26H70O11Si10. The number of hydrogen-bond donors (Lipinski definition) is 0. The number of esters is 1. The van der Waals surface area contributed by atoms with Crippen molar-refractivity contribution in [3.8, 4) is 0 Å². The van der Waals surface area contributed by atoms with Gasteiger partial charge in [0.2, 0.25) is 0 Å². The smallest absolute Gasteiger partial charge is 0.435 e. The van der Waals surface area contributed by atoms with Crippen molar-refractivity contribution in [2.75, 3.05) is 0 Å².